The van der Waals surface area contributed by atoms with Gasteiger partial charge >= 0.3 is 0 Å². The Bertz CT molecular complexity index is 389. The molecule has 0 heterocycles. The van der Waals surface area contributed by atoms with Gasteiger partial charge in [-0.2, -0.15) is 0 Å². The molecule has 2 atom stereocenters. The minimum Gasteiger partial charge on any atom is -0.497 e. The van der Waals surface area contributed by atoms with E-state index in [1.54, 1.807) is 7.11 Å². The van der Waals surface area contributed by atoms with Crippen LogP contribution in [0.15, 0.2) is 18.2 Å². The summed E-state index contributed by atoms with van der Waals surface area (Å²) in [6.45, 7) is 4.54. The van der Waals surface area contributed by atoms with Crippen molar-refractivity contribution in [3.63, 3.8) is 0 Å². The molecule has 2 heteroatoms. The predicted octanol–water partition coefficient (Wildman–Crippen LogP) is 3.85. The molecule has 2 unspecified atom stereocenters. The minimum absolute atomic E-state index is 0.505. The van der Waals surface area contributed by atoms with Crippen LogP contribution in [0.5, 0.6) is 5.75 Å². The third kappa shape index (κ3) is 3.05. The summed E-state index contributed by atoms with van der Waals surface area (Å²) < 4.78 is 5.35. The zero-order valence-electron chi connectivity index (χ0n) is 11.8. The second kappa shape index (κ2) is 6.24. The number of aryl methyl sites for hydroxylation is 1. The van der Waals surface area contributed by atoms with Crippen molar-refractivity contribution < 1.29 is 4.74 Å². The van der Waals surface area contributed by atoms with Gasteiger partial charge in [0.25, 0.3) is 0 Å². The van der Waals surface area contributed by atoms with E-state index in [4.69, 9.17) is 4.74 Å². The third-order valence-electron chi connectivity index (χ3n) is 3.87. The fourth-order valence-corrected chi connectivity index (χ4v) is 2.94. The molecule has 1 aliphatic carbocycles. The lowest BCUT2D eigenvalue weighted by Gasteiger charge is -2.29. The first-order valence-electron chi connectivity index (χ1n) is 7.17. The van der Waals surface area contributed by atoms with Crippen LogP contribution in [0.1, 0.15) is 56.7 Å². The summed E-state index contributed by atoms with van der Waals surface area (Å²) in [5, 5.41) is 3.77. The summed E-state index contributed by atoms with van der Waals surface area (Å²) in [7, 11) is 1.74. The molecule has 0 amide bonds. The van der Waals surface area contributed by atoms with Gasteiger partial charge in [-0.3, -0.25) is 0 Å². The van der Waals surface area contributed by atoms with Crippen LogP contribution in [0.2, 0.25) is 0 Å². The first kappa shape index (κ1) is 13.4. The van der Waals surface area contributed by atoms with Crippen LogP contribution < -0.4 is 10.1 Å². The molecule has 0 radical (unpaired) electrons. The van der Waals surface area contributed by atoms with Crippen molar-refractivity contribution in [1.82, 2.24) is 5.32 Å². The summed E-state index contributed by atoms with van der Waals surface area (Å²) in [6, 6.07) is 7.62. The fourth-order valence-electron chi connectivity index (χ4n) is 2.94. The number of fused-ring (bicyclic) bond motifs is 1. The average molecular weight is 247 g/mol. The molecule has 0 aromatic heterocycles. The molecule has 1 aromatic carbocycles. The van der Waals surface area contributed by atoms with Gasteiger partial charge in [-0.25, -0.2) is 0 Å². The molecular formula is C16H25NO. The molecule has 0 aliphatic heterocycles. The molecule has 100 valence electrons. The van der Waals surface area contributed by atoms with Crippen molar-refractivity contribution in [2.45, 2.75) is 58.0 Å². The van der Waals surface area contributed by atoms with Crippen molar-refractivity contribution in [1.29, 1.82) is 0 Å². The molecule has 2 nitrogen and oxygen atoms in total. The molecule has 0 saturated heterocycles. The van der Waals surface area contributed by atoms with Crippen LogP contribution in [0.25, 0.3) is 0 Å². The first-order valence-corrected chi connectivity index (χ1v) is 7.17. The highest BCUT2D eigenvalue weighted by atomic mass is 16.5. The quantitative estimate of drug-likeness (QED) is 0.853. The Morgan fingerprint density at radius 1 is 1.44 bits per heavy atom. The summed E-state index contributed by atoms with van der Waals surface area (Å²) in [6.07, 6.45) is 6.23. The molecule has 18 heavy (non-hydrogen) atoms. The molecule has 0 spiro atoms. The number of methoxy groups -OCH3 is 1. The lowest BCUT2D eigenvalue weighted by atomic mass is 9.87. The summed E-state index contributed by atoms with van der Waals surface area (Å²) in [5.74, 6) is 0.977. The number of ether oxygens (including phenoxy) is 1. The summed E-state index contributed by atoms with van der Waals surface area (Å²) in [4.78, 5) is 0. The highest BCUT2D eigenvalue weighted by Gasteiger charge is 2.21. The topological polar surface area (TPSA) is 21.3 Å². The van der Waals surface area contributed by atoms with Crippen LogP contribution in [0.4, 0.5) is 0 Å². The largest absolute Gasteiger partial charge is 0.497 e. The van der Waals surface area contributed by atoms with Crippen molar-refractivity contribution in [3.05, 3.63) is 29.3 Å². The third-order valence-corrected chi connectivity index (χ3v) is 3.87. The van der Waals surface area contributed by atoms with Gasteiger partial charge in [0, 0.05) is 12.1 Å². The second-order valence-corrected chi connectivity index (χ2v) is 5.37. The molecule has 0 saturated carbocycles. The predicted molar refractivity (Wildman–Crippen MR) is 76.2 cm³/mol. The number of benzene rings is 1. The van der Waals surface area contributed by atoms with Gasteiger partial charge in [-0.1, -0.05) is 19.4 Å². The highest BCUT2D eigenvalue weighted by molar-refractivity contribution is 5.39. The van der Waals surface area contributed by atoms with E-state index in [9.17, 15) is 0 Å². The van der Waals surface area contributed by atoms with Gasteiger partial charge in [0.05, 0.1) is 7.11 Å². The zero-order valence-corrected chi connectivity index (χ0v) is 11.8. The van der Waals surface area contributed by atoms with Crippen LogP contribution in [-0.4, -0.2) is 13.2 Å². The Morgan fingerprint density at radius 3 is 3.00 bits per heavy atom. The van der Waals surface area contributed by atoms with Crippen molar-refractivity contribution >= 4 is 0 Å². The maximum atomic E-state index is 5.35. The Labute approximate surface area is 111 Å². The van der Waals surface area contributed by atoms with Crippen molar-refractivity contribution in [2.75, 3.05) is 7.11 Å². The Morgan fingerprint density at radius 2 is 2.28 bits per heavy atom. The molecule has 1 N–H and O–H groups in total. The van der Waals surface area contributed by atoms with Crippen molar-refractivity contribution in [3.8, 4) is 5.75 Å². The van der Waals surface area contributed by atoms with E-state index >= 15 is 0 Å². The van der Waals surface area contributed by atoms with Gasteiger partial charge in [0.2, 0.25) is 0 Å². The number of hydrogen-bond acceptors (Lipinski definition) is 2. The van der Waals surface area contributed by atoms with E-state index in [1.807, 2.05) is 0 Å². The molecule has 0 fully saturated rings. The van der Waals surface area contributed by atoms with Crippen LogP contribution in [0, 0.1) is 0 Å². The first-order chi connectivity index (χ1) is 8.74. The van der Waals surface area contributed by atoms with E-state index in [0.29, 0.717) is 12.1 Å². The molecule has 2 rings (SSSR count). The lowest BCUT2D eigenvalue weighted by molar-refractivity contribution is 0.386. The van der Waals surface area contributed by atoms with Gasteiger partial charge in [0.15, 0.2) is 0 Å². The maximum absolute atomic E-state index is 5.35. The van der Waals surface area contributed by atoms with Crippen LogP contribution in [-0.2, 0) is 6.42 Å². The molecule has 1 aliphatic rings. The summed E-state index contributed by atoms with van der Waals surface area (Å²) in [5.41, 5.74) is 2.94. The SMILES string of the molecule is CCCC(C)NC1CCCc2ccc(OC)cc21. The Kier molecular flexibility index (Phi) is 4.65. The van der Waals surface area contributed by atoms with Crippen molar-refractivity contribution in [2.24, 2.45) is 0 Å². The number of nitrogens with one attached hydrogen (secondary N) is 1. The van der Waals surface area contributed by atoms with E-state index in [1.165, 1.54) is 43.2 Å². The molecule has 1 aromatic rings. The van der Waals surface area contributed by atoms with Gasteiger partial charge in [-0.05, 0) is 55.9 Å². The van der Waals surface area contributed by atoms with Gasteiger partial charge < -0.3 is 10.1 Å². The normalized spacial score (nSPS) is 20.3. The average Bonchev–Trinajstić information content (AvgIpc) is 2.39. The van der Waals surface area contributed by atoms with E-state index in [0.717, 1.165) is 5.75 Å². The van der Waals surface area contributed by atoms with Gasteiger partial charge in [0.1, 0.15) is 5.75 Å². The monoisotopic (exact) mass is 247 g/mol. The van der Waals surface area contributed by atoms with E-state index < -0.39 is 0 Å². The maximum Gasteiger partial charge on any atom is 0.119 e. The highest BCUT2D eigenvalue weighted by Crippen LogP contribution is 2.32. The second-order valence-electron chi connectivity index (χ2n) is 5.37. The smallest absolute Gasteiger partial charge is 0.119 e. The minimum atomic E-state index is 0.505. The lowest BCUT2D eigenvalue weighted by Crippen LogP contribution is -2.32. The Balaban J connectivity index is 2.15. The van der Waals surface area contributed by atoms with Crippen LogP contribution in [0.3, 0.4) is 0 Å². The van der Waals surface area contributed by atoms with E-state index in [-0.39, 0.29) is 0 Å². The number of hydrogen-bond donors (Lipinski definition) is 1. The molecular weight excluding hydrogens is 222 g/mol. The fraction of sp³-hybridized carbons (Fsp3) is 0.625. The van der Waals surface area contributed by atoms with Gasteiger partial charge in [-0.15, -0.1) is 0 Å². The number of rotatable bonds is 5. The zero-order chi connectivity index (χ0) is 13.0. The standard InChI is InChI=1S/C16H25NO/c1-4-6-12(2)17-16-8-5-7-13-9-10-14(18-3)11-15(13)16/h9-12,16-17H,4-8H2,1-3H3. The van der Waals surface area contributed by atoms with Crippen LogP contribution >= 0.6 is 0 Å². The van der Waals surface area contributed by atoms with E-state index in [2.05, 4.69) is 37.4 Å². The summed E-state index contributed by atoms with van der Waals surface area (Å²) >= 11 is 0. The Hall–Kier alpha value is -1.02. The molecule has 0 bridgehead atoms.